The molecule has 0 amide bonds. The third-order valence-corrected chi connectivity index (χ3v) is 7.08. The zero-order valence-corrected chi connectivity index (χ0v) is 27.2. The number of carbonyl (C=O) groups excluding carboxylic acids is 4. The Bertz CT molecular complexity index is 825. The lowest BCUT2D eigenvalue weighted by Gasteiger charge is -2.21. The monoisotopic (exact) mass is 639 g/mol. The minimum absolute atomic E-state index is 0.0560. The van der Waals surface area contributed by atoms with E-state index in [9.17, 15) is 28.6 Å². The van der Waals surface area contributed by atoms with E-state index in [1.807, 2.05) is 0 Å². The first-order valence-electron chi connectivity index (χ1n) is 15.5. The van der Waals surface area contributed by atoms with Crippen LogP contribution in [0.25, 0.3) is 0 Å². The summed E-state index contributed by atoms with van der Waals surface area (Å²) in [7, 11) is -4.73. The lowest BCUT2D eigenvalue weighted by molar-refractivity contribution is -0.161. The molecule has 0 saturated heterocycles. The Hall–Kier alpha value is -2.05. The predicted molar refractivity (Wildman–Crippen MR) is 159 cm³/mol. The van der Waals surface area contributed by atoms with E-state index in [-0.39, 0.29) is 32.4 Å². The minimum atomic E-state index is -4.73. The summed E-state index contributed by atoms with van der Waals surface area (Å²) < 4.78 is 42.6. The highest BCUT2D eigenvalue weighted by Gasteiger charge is 2.28. The van der Waals surface area contributed by atoms with E-state index in [0.717, 1.165) is 26.2 Å². The summed E-state index contributed by atoms with van der Waals surface area (Å²) in [6.07, 6.45) is 11.1. The van der Waals surface area contributed by atoms with E-state index in [1.54, 1.807) is 6.92 Å². The number of ether oxygens (including phenoxy) is 4. The molecule has 0 bridgehead atoms. The Labute approximate surface area is 256 Å². The van der Waals surface area contributed by atoms with Crippen molar-refractivity contribution in [2.24, 2.45) is 5.73 Å². The maximum Gasteiger partial charge on any atom is 0.472 e. The van der Waals surface area contributed by atoms with Gasteiger partial charge in [0.05, 0.1) is 19.6 Å². The standard InChI is InChI=1S/C29H54NO12P/c1-4-6-7-8-9-10-11-12-13-14-15-17-27(32)37-20-25(41-24(3)31)22-39-43(35,36)40-23-26(42-29(34)16-5-2)21-38-28(33)18-19-30/h25-26H,4-23,30H2,1-3H3,(H,35,36)/t25-,26?/m1/s1. The Morgan fingerprint density at radius 1 is 0.628 bits per heavy atom. The van der Waals surface area contributed by atoms with Gasteiger partial charge in [-0.25, -0.2) is 4.57 Å². The third kappa shape index (κ3) is 26.1. The van der Waals surface area contributed by atoms with Crippen LogP contribution in [-0.2, 0) is 51.7 Å². The molecule has 252 valence electrons. The SMILES string of the molecule is CCCCCCCCCCCCCC(=O)OC[C@H](COP(=O)(O)OCC(COC(=O)CCN)OC(=O)CCC)OC(C)=O. The van der Waals surface area contributed by atoms with Gasteiger partial charge in [-0.05, 0) is 12.8 Å². The van der Waals surface area contributed by atoms with Crippen LogP contribution in [0.4, 0.5) is 0 Å². The van der Waals surface area contributed by atoms with Crippen molar-refractivity contribution in [3.05, 3.63) is 0 Å². The van der Waals surface area contributed by atoms with Crippen molar-refractivity contribution in [1.29, 1.82) is 0 Å². The molecule has 2 unspecified atom stereocenters. The Morgan fingerprint density at radius 2 is 1.09 bits per heavy atom. The number of phosphoric acid groups is 1. The van der Waals surface area contributed by atoms with E-state index >= 15 is 0 Å². The summed E-state index contributed by atoms with van der Waals surface area (Å²) in [4.78, 5) is 57.2. The molecule has 0 aliphatic carbocycles. The molecule has 0 saturated carbocycles. The summed E-state index contributed by atoms with van der Waals surface area (Å²) in [6, 6.07) is 0. The van der Waals surface area contributed by atoms with Crippen molar-refractivity contribution in [2.45, 2.75) is 129 Å². The Balaban J connectivity index is 4.52. The van der Waals surface area contributed by atoms with Gasteiger partial charge in [0, 0.05) is 26.3 Å². The Kier molecular flexibility index (Phi) is 25.1. The maximum absolute atomic E-state index is 12.4. The molecule has 0 aromatic carbocycles. The van der Waals surface area contributed by atoms with Gasteiger partial charge in [0.2, 0.25) is 0 Å². The van der Waals surface area contributed by atoms with Gasteiger partial charge in [0.25, 0.3) is 0 Å². The van der Waals surface area contributed by atoms with Gasteiger partial charge in [0.15, 0.2) is 12.2 Å². The molecule has 0 aliphatic heterocycles. The molecular weight excluding hydrogens is 585 g/mol. The molecule has 0 aromatic heterocycles. The summed E-state index contributed by atoms with van der Waals surface area (Å²) in [6.45, 7) is 3.16. The number of phosphoric ester groups is 1. The lowest BCUT2D eigenvalue weighted by atomic mass is 10.1. The summed E-state index contributed by atoms with van der Waals surface area (Å²) in [5, 5.41) is 0. The van der Waals surface area contributed by atoms with Crippen molar-refractivity contribution >= 4 is 31.7 Å². The zero-order chi connectivity index (χ0) is 32.3. The maximum atomic E-state index is 12.4. The summed E-state index contributed by atoms with van der Waals surface area (Å²) >= 11 is 0. The van der Waals surface area contributed by atoms with Crippen molar-refractivity contribution in [1.82, 2.24) is 0 Å². The summed E-state index contributed by atoms with van der Waals surface area (Å²) in [5.41, 5.74) is 5.30. The number of esters is 4. The number of hydrogen-bond acceptors (Lipinski definition) is 12. The van der Waals surface area contributed by atoms with Crippen LogP contribution in [0.15, 0.2) is 0 Å². The molecule has 14 heteroatoms. The minimum Gasteiger partial charge on any atom is -0.462 e. The number of nitrogens with two attached hydrogens (primary N) is 1. The van der Waals surface area contributed by atoms with Crippen LogP contribution in [0.5, 0.6) is 0 Å². The molecule has 3 N–H and O–H groups in total. The van der Waals surface area contributed by atoms with Gasteiger partial charge < -0.3 is 29.6 Å². The fraction of sp³-hybridized carbons (Fsp3) is 0.862. The molecular formula is C29H54NO12P. The van der Waals surface area contributed by atoms with E-state index in [4.69, 9.17) is 33.7 Å². The average Bonchev–Trinajstić information content (AvgIpc) is 2.94. The van der Waals surface area contributed by atoms with Crippen LogP contribution in [-0.4, -0.2) is 74.0 Å². The second-order valence-electron chi connectivity index (χ2n) is 10.3. The van der Waals surface area contributed by atoms with Crippen LogP contribution in [0.2, 0.25) is 0 Å². The number of hydrogen-bond donors (Lipinski definition) is 2. The van der Waals surface area contributed by atoms with Gasteiger partial charge in [-0.15, -0.1) is 0 Å². The van der Waals surface area contributed by atoms with Crippen molar-refractivity contribution in [2.75, 3.05) is 33.0 Å². The second-order valence-corrected chi connectivity index (χ2v) is 11.8. The number of rotatable bonds is 28. The first-order valence-corrected chi connectivity index (χ1v) is 17.0. The van der Waals surface area contributed by atoms with Gasteiger partial charge >= 0.3 is 31.7 Å². The van der Waals surface area contributed by atoms with Gasteiger partial charge in [-0.1, -0.05) is 78.1 Å². The van der Waals surface area contributed by atoms with E-state index in [0.29, 0.717) is 12.8 Å². The number of unbranched alkanes of at least 4 members (excludes halogenated alkanes) is 10. The van der Waals surface area contributed by atoms with Crippen LogP contribution in [0.3, 0.4) is 0 Å². The summed E-state index contributed by atoms with van der Waals surface area (Å²) in [5.74, 6) is -2.42. The zero-order valence-electron chi connectivity index (χ0n) is 26.3. The van der Waals surface area contributed by atoms with Crippen LogP contribution in [0, 0.1) is 0 Å². The smallest absolute Gasteiger partial charge is 0.462 e. The second kappa shape index (κ2) is 26.4. The van der Waals surface area contributed by atoms with Gasteiger partial charge in [-0.3, -0.25) is 28.2 Å². The lowest BCUT2D eigenvalue weighted by Crippen LogP contribution is -2.31. The fourth-order valence-corrected chi connectivity index (χ4v) is 4.66. The van der Waals surface area contributed by atoms with Crippen LogP contribution >= 0.6 is 7.82 Å². The van der Waals surface area contributed by atoms with Crippen molar-refractivity contribution in [3.8, 4) is 0 Å². The average molecular weight is 640 g/mol. The van der Waals surface area contributed by atoms with Gasteiger partial charge in [-0.2, -0.15) is 0 Å². The highest BCUT2D eigenvalue weighted by atomic mass is 31.2. The van der Waals surface area contributed by atoms with Crippen LogP contribution < -0.4 is 5.73 Å². The molecule has 13 nitrogen and oxygen atoms in total. The van der Waals surface area contributed by atoms with Crippen LogP contribution in [0.1, 0.15) is 117 Å². The Morgan fingerprint density at radius 3 is 1.56 bits per heavy atom. The molecule has 0 rings (SSSR count). The molecule has 3 atom stereocenters. The molecule has 0 radical (unpaired) electrons. The number of carbonyl (C=O) groups is 4. The van der Waals surface area contributed by atoms with E-state index < -0.39 is 63.7 Å². The van der Waals surface area contributed by atoms with Gasteiger partial charge in [0.1, 0.15) is 13.2 Å². The fourth-order valence-electron chi connectivity index (χ4n) is 3.88. The largest absolute Gasteiger partial charge is 0.472 e. The normalized spacial score (nSPS) is 13.9. The third-order valence-electron chi connectivity index (χ3n) is 6.13. The van der Waals surface area contributed by atoms with E-state index in [2.05, 4.69) is 6.92 Å². The first kappa shape index (κ1) is 41.0. The molecule has 0 spiro atoms. The molecule has 0 aromatic rings. The highest BCUT2D eigenvalue weighted by Crippen LogP contribution is 2.43. The predicted octanol–water partition coefficient (Wildman–Crippen LogP) is 4.90. The molecule has 43 heavy (non-hydrogen) atoms. The van der Waals surface area contributed by atoms with Crippen molar-refractivity contribution in [3.63, 3.8) is 0 Å². The quantitative estimate of drug-likeness (QED) is 0.0510. The first-order chi connectivity index (χ1) is 20.5. The highest BCUT2D eigenvalue weighted by molar-refractivity contribution is 7.47. The topological polar surface area (TPSA) is 187 Å². The van der Waals surface area contributed by atoms with Crippen molar-refractivity contribution < 1.29 is 56.6 Å². The molecule has 0 heterocycles. The van der Waals surface area contributed by atoms with E-state index in [1.165, 1.54) is 44.9 Å². The molecule has 0 aliphatic rings. The molecule has 0 fully saturated rings.